The van der Waals surface area contributed by atoms with Crippen LogP contribution in [0.3, 0.4) is 0 Å². The molecule has 2 heterocycles. The molecule has 1 unspecified atom stereocenters. The van der Waals surface area contributed by atoms with Crippen molar-refractivity contribution in [2.24, 2.45) is 5.92 Å². The van der Waals surface area contributed by atoms with Gasteiger partial charge in [-0.1, -0.05) is 6.42 Å². The van der Waals surface area contributed by atoms with E-state index in [1.807, 2.05) is 4.90 Å². The lowest BCUT2D eigenvalue weighted by Gasteiger charge is -2.20. The Labute approximate surface area is 115 Å². The third-order valence-corrected chi connectivity index (χ3v) is 4.01. The predicted molar refractivity (Wildman–Crippen MR) is 73.7 cm³/mol. The van der Waals surface area contributed by atoms with E-state index in [2.05, 4.69) is 10.6 Å². The predicted octanol–water partition coefficient (Wildman–Crippen LogP) is 0.505. The van der Waals surface area contributed by atoms with Gasteiger partial charge in [-0.15, -0.1) is 0 Å². The van der Waals surface area contributed by atoms with Crippen molar-refractivity contribution in [3.05, 3.63) is 0 Å². The molecule has 0 saturated carbocycles. The number of amides is 2. The second kappa shape index (κ2) is 7.48. The molecule has 2 saturated heterocycles. The number of carbonyl (C=O) groups excluding carboxylic acids is 2. The Kier molecular flexibility index (Phi) is 5.63. The van der Waals surface area contributed by atoms with Crippen LogP contribution in [0.25, 0.3) is 0 Å². The average Bonchev–Trinajstić information content (AvgIpc) is 2.87. The summed E-state index contributed by atoms with van der Waals surface area (Å²) in [4.78, 5) is 25.5. The van der Waals surface area contributed by atoms with Crippen molar-refractivity contribution in [2.75, 3.05) is 32.7 Å². The first kappa shape index (κ1) is 14.3. The maximum absolute atomic E-state index is 11.8. The molecule has 1 atom stereocenters. The number of rotatable bonds is 5. The first-order valence-electron chi connectivity index (χ1n) is 7.53. The summed E-state index contributed by atoms with van der Waals surface area (Å²) in [6.07, 6.45) is 5.80. The van der Waals surface area contributed by atoms with Gasteiger partial charge in [0.15, 0.2) is 0 Å². The van der Waals surface area contributed by atoms with Crippen LogP contribution in [-0.2, 0) is 9.59 Å². The van der Waals surface area contributed by atoms with Gasteiger partial charge >= 0.3 is 0 Å². The van der Waals surface area contributed by atoms with Gasteiger partial charge in [-0.05, 0) is 32.2 Å². The third-order valence-electron chi connectivity index (χ3n) is 4.01. The van der Waals surface area contributed by atoms with Gasteiger partial charge in [-0.3, -0.25) is 9.59 Å². The molecule has 2 N–H and O–H groups in total. The molecule has 5 nitrogen and oxygen atoms in total. The first-order valence-corrected chi connectivity index (χ1v) is 7.53. The highest BCUT2D eigenvalue weighted by atomic mass is 16.2. The molecule has 108 valence electrons. The molecular formula is C14H25N3O2. The zero-order valence-corrected chi connectivity index (χ0v) is 11.6. The Morgan fingerprint density at radius 2 is 2.26 bits per heavy atom. The highest BCUT2D eigenvalue weighted by molar-refractivity contribution is 5.79. The fraction of sp³-hybridized carbons (Fsp3) is 0.857. The molecule has 2 aliphatic rings. The van der Waals surface area contributed by atoms with Crippen LogP contribution in [0.2, 0.25) is 0 Å². The smallest absolute Gasteiger partial charge is 0.224 e. The van der Waals surface area contributed by atoms with E-state index < -0.39 is 0 Å². The first-order chi connectivity index (χ1) is 9.27. The van der Waals surface area contributed by atoms with E-state index in [0.717, 1.165) is 58.3 Å². The number of nitrogens with one attached hydrogen (secondary N) is 2. The minimum atomic E-state index is 0.139. The SMILES string of the molecule is O=C(NCCCN1CCCCCC1=O)C1CCNC1. The monoisotopic (exact) mass is 267 g/mol. The Balaban J connectivity index is 1.60. The van der Waals surface area contributed by atoms with E-state index in [-0.39, 0.29) is 17.7 Å². The zero-order chi connectivity index (χ0) is 13.5. The molecule has 19 heavy (non-hydrogen) atoms. The van der Waals surface area contributed by atoms with Crippen molar-refractivity contribution in [1.29, 1.82) is 0 Å². The number of hydrogen-bond donors (Lipinski definition) is 2. The lowest BCUT2D eigenvalue weighted by atomic mass is 10.1. The second-order valence-corrected chi connectivity index (χ2v) is 5.53. The summed E-state index contributed by atoms with van der Waals surface area (Å²) in [7, 11) is 0. The summed E-state index contributed by atoms with van der Waals surface area (Å²) in [5, 5.41) is 6.17. The van der Waals surface area contributed by atoms with Gasteiger partial charge in [0.2, 0.25) is 11.8 Å². The van der Waals surface area contributed by atoms with Crippen LogP contribution in [0.15, 0.2) is 0 Å². The largest absolute Gasteiger partial charge is 0.356 e. The van der Waals surface area contributed by atoms with Crippen molar-refractivity contribution in [1.82, 2.24) is 15.5 Å². The second-order valence-electron chi connectivity index (χ2n) is 5.53. The maximum atomic E-state index is 11.8. The minimum Gasteiger partial charge on any atom is -0.356 e. The fourth-order valence-electron chi connectivity index (χ4n) is 2.78. The van der Waals surface area contributed by atoms with E-state index in [4.69, 9.17) is 0 Å². The van der Waals surface area contributed by atoms with Gasteiger partial charge in [0.25, 0.3) is 0 Å². The highest BCUT2D eigenvalue weighted by Crippen LogP contribution is 2.11. The number of nitrogens with zero attached hydrogens (tertiary/aromatic N) is 1. The molecule has 0 aromatic rings. The van der Waals surface area contributed by atoms with Crippen LogP contribution >= 0.6 is 0 Å². The summed E-state index contributed by atoms with van der Waals surface area (Å²) in [6, 6.07) is 0. The zero-order valence-electron chi connectivity index (χ0n) is 11.6. The van der Waals surface area contributed by atoms with E-state index in [0.29, 0.717) is 13.0 Å². The highest BCUT2D eigenvalue weighted by Gasteiger charge is 2.22. The molecule has 0 aromatic heterocycles. The molecule has 0 radical (unpaired) electrons. The molecular weight excluding hydrogens is 242 g/mol. The van der Waals surface area contributed by atoms with Crippen molar-refractivity contribution in [3.63, 3.8) is 0 Å². The van der Waals surface area contributed by atoms with Crippen molar-refractivity contribution in [2.45, 2.75) is 38.5 Å². The van der Waals surface area contributed by atoms with E-state index in [1.165, 1.54) is 0 Å². The van der Waals surface area contributed by atoms with Crippen LogP contribution in [0.4, 0.5) is 0 Å². The van der Waals surface area contributed by atoms with Crippen LogP contribution in [-0.4, -0.2) is 49.4 Å². The number of hydrogen-bond acceptors (Lipinski definition) is 3. The molecule has 2 rings (SSSR count). The van der Waals surface area contributed by atoms with Gasteiger partial charge in [0, 0.05) is 32.6 Å². The normalized spacial score (nSPS) is 24.3. The van der Waals surface area contributed by atoms with Crippen molar-refractivity contribution < 1.29 is 9.59 Å². The summed E-state index contributed by atoms with van der Waals surface area (Å²) < 4.78 is 0. The Bertz CT molecular complexity index is 314. The fourth-order valence-corrected chi connectivity index (χ4v) is 2.78. The van der Waals surface area contributed by atoms with Crippen LogP contribution in [0.5, 0.6) is 0 Å². The van der Waals surface area contributed by atoms with Crippen LogP contribution in [0.1, 0.15) is 38.5 Å². The van der Waals surface area contributed by atoms with Gasteiger partial charge < -0.3 is 15.5 Å². The molecule has 0 aromatic carbocycles. The summed E-state index contributed by atoms with van der Waals surface area (Å²) in [6.45, 7) is 4.09. The molecule has 5 heteroatoms. The topological polar surface area (TPSA) is 61.4 Å². The van der Waals surface area contributed by atoms with Gasteiger partial charge in [0.05, 0.1) is 5.92 Å². The quantitative estimate of drug-likeness (QED) is 0.713. The third kappa shape index (κ3) is 4.49. The molecule has 0 aliphatic carbocycles. The molecule has 0 spiro atoms. The standard InChI is InChI=1S/C14H25N3O2/c18-13-5-2-1-3-9-17(13)10-4-7-16-14(19)12-6-8-15-11-12/h12,15H,1-11H2,(H,16,19). The molecule has 2 aliphatic heterocycles. The van der Waals surface area contributed by atoms with Crippen molar-refractivity contribution >= 4 is 11.8 Å². The number of carbonyl (C=O) groups is 2. The van der Waals surface area contributed by atoms with Crippen LogP contribution in [0, 0.1) is 5.92 Å². The Morgan fingerprint density at radius 3 is 3.05 bits per heavy atom. The van der Waals surface area contributed by atoms with Gasteiger partial charge in [0.1, 0.15) is 0 Å². The molecule has 0 bridgehead atoms. The Morgan fingerprint density at radius 1 is 1.37 bits per heavy atom. The van der Waals surface area contributed by atoms with Crippen molar-refractivity contribution in [3.8, 4) is 0 Å². The lowest BCUT2D eigenvalue weighted by Crippen LogP contribution is -2.36. The summed E-state index contributed by atoms with van der Waals surface area (Å²) in [5.74, 6) is 0.579. The maximum Gasteiger partial charge on any atom is 0.224 e. The van der Waals surface area contributed by atoms with Crippen LogP contribution < -0.4 is 10.6 Å². The number of likely N-dealkylation sites (tertiary alicyclic amines) is 1. The molecule has 2 amide bonds. The van der Waals surface area contributed by atoms with E-state index in [1.54, 1.807) is 0 Å². The summed E-state index contributed by atoms with van der Waals surface area (Å²) >= 11 is 0. The van der Waals surface area contributed by atoms with Gasteiger partial charge in [-0.2, -0.15) is 0 Å². The lowest BCUT2D eigenvalue weighted by molar-refractivity contribution is -0.130. The molecule has 2 fully saturated rings. The Hall–Kier alpha value is -1.10. The van der Waals surface area contributed by atoms with Gasteiger partial charge in [-0.25, -0.2) is 0 Å². The van der Waals surface area contributed by atoms with E-state index >= 15 is 0 Å². The summed E-state index contributed by atoms with van der Waals surface area (Å²) in [5.41, 5.74) is 0. The van der Waals surface area contributed by atoms with E-state index in [9.17, 15) is 9.59 Å². The minimum absolute atomic E-state index is 0.139. The average molecular weight is 267 g/mol.